The Balaban J connectivity index is 2.00. The number of carbonyl (C=O) groups is 1. The van der Waals surface area contributed by atoms with Crippen LogP contribution in [0.1, 0.15) is 36.4 Å². The Hall–Kier alpha value is -3.00. The molecule has 2 aromatic rings. The van der Waals surface area contributed by atoms with Crippen LogP contribution in [0, 0.1) is 38.0 Å². The van der Waals surface area contributed by atoms with Gasteiger partial charge in [0.25, 0.3) is 0 Å². The van der Waals surface area contributed by atoms with E-state index in [2.05, 4.69) is 18.4 Å². The quantitative estimate of drug-likeness (QED) is 0.291. The molecule has 0 spiro atoms. The molecule has 5 nitrogen and oxygen atoms in total. The van der Waals surface area contributed by atoms with E-state index in [1.165, 1.54) is 0 Å². The van der Waals surface area contributed by atoms with Crippen LogP contribution in [0.15, 0.2) is 35.9 Å². The number of esters is 1. The molecule has 0 bridgehead atoms. The van der Waals surface area contributed by atoms with E-state index in [1.807, 2.05) is 57.2 Å². The van der Waals surface area contributed by atoms with Gasteiger partial charge in [-0.1, -0.05) is 32.0 Å². The van der Waals surface area contributed by atoms with Gasteiger partial charge in [0.05, 0.1) is 0 Å². The zero-order valence-corrected chi connectivity index (χ0v) is 17.3. The number of hydrogen-bond acceptors (Lipinski definition) is 4. The molecule has 0 radical (unpaired) electrons. The lowest BCUT2D eigenvalue weighted by Gasteiger charge is -2.12. The van der Waals surface area contributed by atoms with Gasteiger partial charge in [-0.3, -0.25) is 0 Å². The van der Waals surface area contributed by atoms with Crippen LogP contribution in [0.3, 0.4) is 0 Å². The SMILES string of the molecule is Cc1ccccc1OCCOC(=O)C(C#N)=Cc1cc(C)n(CC(C)C)c1C. The van der Waals surface area contributed by atoms with Crippen molar-refractivity contribution in [1.82, 2.24) is 4.57 Å². The second kappa shape index (κ2) is 9.80. The maximum atomic E-state index is 12.3. The lowest BCUT2D eigenvalue weighted by molar-refractivity contribution is -0.139. The van der Waals surface area contributed by atoms with Crippen molar-refractivity contribution in [3.05, 3.63) is 58.4 Å². The van der Waals surface area contributed by atoms with Gasteiger partial charge in [-0.25, -0.2) is 4.79 Å². The van der Waals surface area contributed by atoms with E-state index in [-0.39, 0.29) is 18.8 Å². The summed E-state index contributed by atoms with van der Waals surface area (Å²) in [7, 11) is 0. The van der Waals surface area contributed by atoms with Gasteiger partial charge in [-0.2, -0.15) is 5.26 Å². The summed E-state index contributed by atoms with van der Waals surface area (Å²) >= 11 is 0. The molecule has 148 valence electrons. The van der Waals surface area contributed by atoms with Crippen molar-refractivity contribution in [3.8, 4) is 11.8 Å². The van der Waals surface area contributed by atoms with E-state index >= 15 is 0 Å². The van der Waals surface area contributed by atoms with Gasteiger partial charge in [0.15, 0.2) is 0 Å². The van der Waals surface area contributed by atoms with E-state index in [4.69, 9.17) is 9.47 Å². The summed E-state index contributed by atoms with van der Waals surface area (Å²) in [6.07, 6.45) is 1.60. The number of ether oxygens (including phenoxy) is 2. The number of nitriles is 1. The fourth-order valence-electron chi connectivity index (χ4n) is 2.99. The first-order chi connectivity index (χ1) is 13.3. The van der Waals surface area contributed by atoms with Crippen LogP contribution in [0.2, 0.25) is 0 Å². The fraction of sp³-hybridized carbons (Fsp3) is 0.391. The van der Waals surface area contributed by atoms with Crippen molar-refractivity contribution in [2.45, 2.75) is 41.2 Å². The number of nitrogens with zero attached hydrogens (tertiary/aromatic N) is 2. The van der Waals surface area contributed by atoms with Gasteiger partial charge in [0.1, 0.15) is 30.6 Å². The molecule has 0 aliphatic carbocycles. The smallest absolute Gasteiger partial charge is 0.349 e. The van der Waals surface area contributed by atoms with Crippen molar-refractivity contribution in [3.63, 3.8) is 0 Å². The first kappa shape index (κ1) is 21.3. The Morgan fingerprint density at radius 3 is 2.57 bits per heavy atom. The summed E-state index contributed by atoms with van der Waals surface area (Å²) in [6, 6.07) is 11.6. The first-order valence-corrected chi connectivity index (χ1v) is 9.47. The summed E-state index contributed by atoms with van der Waals surface area (Å²) in [5.41, 5.74) is 4.01. The van der Waals surface area contributed by atoms with Crippen LogP contribution in [-0.2, 0) is 16.1 Å². The van der Waals surface area contributed by atoms with E-state index < -0.39 is 5.97 Å². The number of aryl methyl sites for hydroxylation is 2. The van der Waals surface area contributed by atoms with Gasteiger partial charge < -0.3 is 14.0 Å². The zero-order valence-electron chi connectivity index (χ0n) is 17.3. The number of carbonyl (C=O) groups excluding carboxylic acids is 1. The highest BCUT2D eigenvalue weighted by Crippen LogP contribution is 2.20. The minimum Gasteiger partial charge on any atom is -0.490 e. The molecule has 0 aliphatic rings. The standard InChI is InChI=1S/C23H28N2O3/c1-16(2)15-25-18(4)12-20(19(25)5)13-21(14-24)23(26)28-11-10-27-22-9-7-6-8-17(22)3/h6-9,12-13,16H,10-11,15H2,1-5H3. The average molecular weight is 380 g/mol. The molecule has 0 saturated heterocycles. The van der Waals surface area contributed by atoms with Crippen molar-refractivity contribution in [2.75, 3.05) is 13.2 Å². The molecule has 1 heterocycles. The van der Waals surface area contributed by atoms with E-state index in [1.54, 1.807) is 6.08 Å². The molecule has 0 saturated carbocycles. The summed E-state index contributed by atoms with van der Waals surface area (Å²) in [5, 5.41) is 9.38. The van der Waals surface area contributed by atoms with Gasteiger partial charge in [-0.05, 0) is 56.0 Å². The largest absolute Gasteiger partial charge is 0.490 e. The highest BCUT2D eigenvalue weighted by atomic mass is 16.6. The van der Waals surface area contributed by atoms with Crippen molar-refractivity contribution >= 4 is 12.0 Å². The summed E-state index contributed by atoms with van der Waals surface area (Å²) < 4.78 is 13.0. The van der Waals surface area contributed by atoms with E-state index in [9.17, 15) is 10.1 Å². The Bertz CT molecular complexity index is 901. The summed E-state index contributed by atoms with van der Waals surface area (Å²) in [5.74, 6) is 0.631. The van der Waals surface area contributed by atoms with Gasteiger partial charge >= 0.3 is 5.97 Å². The zero-order chi connectivity index (χ0) is 20.7. The molecule has 0 N–H and O–H groups in total. The molecular formula is C23H28N2O3. The number of benzene rings is 1. The Morgan fingerprint density at radius 1 is 1.21 bits per heavy atom. The van der Waals surface area contributed by atoms with Crippen LogP contribution in [0.5, 0.6) is 5.75 Å². The normalized spacial score (nSPS) is 11.4. The minimum atomic E-state index is -0.635. The van der Waals surface area contributed by atoms with Crippen LogP contribution < -0.4 is 4.74 Å². The van der Waals surface area contributed by atoms with Gasteiger partial charge in [0, 0.05) is 17.9 Å². The van der Waals surface area contributed by atoms with E-state index in [0.29, 0.717) is 5.92 Å². The average Bonchev–Trinajstić information content (AvgIpc) is 2.91. The maximum Gasteiger partial charge on any atom is 0.349 e. The summed E-state index contributed by atoms with van der Waals surface area (Å²) in [6.45, 7) is 11.5. The highest BCUT2D eigenvalue weighted by Gasteiger charge is 2.14. The maximum absolute atomic E-state index is 12.3. The molecular weight excluding hydrogens is 352 g/mol. The predicted molar refractivity (Wildman–Crippen MR) is 110 cm³/mol. The molecule has 5 heteroatoms. The third-order valence-electron chi connectivity index (χ3n) is 4.47. The van der Waals surface area contributed by atoms with E-state index in [0.717, 1.165) is 34.8 Å². The number of hydrogen-bond donors (Lipinski definition) is 0. The van der Waals surface area contributed by atoms with Crippen molar-refractivity contribution in [2.24, 2.45) is 5.92 Å². The van der Waals surface area contributed by atoms with Crippen LogP contribution in [0.25, 0.3) is 6.08 Å². The van der Waals surface area contributed by atoms with Crippen molar-refractivity contribution in [1.29, 1.82) is 5.26 Å². The molecule has 0 atom stereocenters. The molecule has 0 aliphatic heterocycles. The Morgan fingerprint density at radius 2 is 1.93 bits per heavy atom. The summed E-state index contributed by atoms with van der Waals surface area (Å²) in [4.78, 5) is 12.3. The minimum absolute atomic E-state index is 0.0133. The molecule has 0 amide bonds. The third kappa shape index (κ3) is 5.50. The lowest BCUT2D eigenvalue weighted by atomic mass is 10.1. The van der Waals surface area contributed by atoms with Crippen LogP contribution >= 0.6 is 0 Å². The predicted octanol–water partition coefficient (Wildman–Crippen LogP) is 4.60. The number of rotatable bonds is 8. The number of para-hydroxylation sites is 1. The molecule has 0 unspecified atom stereocenters. The van der Waals surface area contributed by atoms with Crippen LogP contribution in [0.4, 0.5) is 0 Å². The van der Waals surface area contributed by atoms with Gasteiger partial charge in [-0.15, -0.1) is 0 Å². The fourth-order valence-corrected chi connectivity index (χ4v) is 2.99. The monoisotopic (exact) mass is 380 g/mol. The lowest BCUT2D eigenvalue weighted by Crippen LogP contribution is -2.13. The molecule has 28 heavy (non-hydrogen) atoms. The molecule has 1 aromatic carbocycles. The highest BCUT2D eigenvalue weighted by molar-refractivity contribution is 5.98. The van der Waals surface area contributed by atoms with Crippen molar-refractivity contribution < 1.29 is 14.3 Å². The third-order valence-corrected chi connectivity index (χ3v) is 4.47. The molecule has 0 fully saturated rings. The Labute approximate surface area is 167 Å². The molecule has 1 aromatic heterocycles. The number of aromatic nitrogens is 1. The van der Waals surface area contributed by atoms with Crippen LogP contribution in [-0.4, -0.2) is 23.8 Å². The van der Waals surface area contributed by atoms with Gasteiger partial charge in [0.2, 0.25) is 0 Å². The second-order valence-electron chi connectivity index (χ2n) is 7.25. The Kier molecular flexibility index (Phi) is 7.45. The second-order valence-corrected chi connectivity index (χ2v) is 7.25. The first-order valence-electron chi connectivity index (χ1n) is 9.47. The topological polar surface area (TPSA) is 64.2 Å². The molecule has 2 rings (SSSR count).